The van der Waals surface area contributed by atoms with Gasteiger partial charge < -0.3 is 15.3 Å². The van der Waals surface area contributed by atoms with Crippen LogP contribution in [-0.2, 0) is 19.7 Å². The predicted molar refractivity (Wildman–Crippen MR) is 101 cm³/mol. The van der Waals surface area contributed by atoms with Crippen molar-refractivity contribution in [2.75, 3.05) is 6.61 Å². The summed E-state index contributed by atoms with van der Waals surface area (Å²) in [4.78, 5) is 20.0. The second-order valence-corrected chi connectivity index (χ2v) is 7.44. The first kappa shape index (κ1) is 30.5. The van der Waals surface area contributed by atoms with Gasteiger partial charge in [-0.2, -0.15) is 8.42 Å². The van der Waals surface area contributed by atoms with Crippen LogP contribution in [0.4, 0.5) is 0 Å². The summed E-state index contributed by atoms with van der Waals surface area (Å²) in [7, 11) is -4.84. The average molecular weight is 408 g/mol. The minimum atomic E-state index is -4.84. The Morgan fingerprint density at radius 3 is 1.46 bits per heavy atom. The van der Waals surface area contributed by atoms with Crippen molar-refractivity contribution < 1.29 is 37.9 Å². The Hall–Kier alpha value is -0.190. The molecule has 0 bridgehead atoms. The van der Waals surface area contributed by atoms with Crippen molar-refractivity contribution in [1.82, 2.24) is 0 Å². The fourth-order valence-corrected chi connectivity index (χ4v) is 2.69. The number of unbranched alkanes of at least 4 members (excludes halogenated alkanes) is 9. The zero-order chi connectivity index (χ0) is 19.7. The first-order chi connectivity index (χ1) is 11.7. The van der Waals surface area contributed by atoms with Crippen molar-refractivity contribution in [3.63, 3.8) is 0 Å². The van der Waals surface area contributed by atoms with Crippen LogP contribution in [0.15, 0.2) is 0 Å². The van der Waals surface area contributed by atoms with Gasteiger partial charge in [0.05, 0.1) is 6.42 Å². The van der Waals surface area contributed by atoms with E-state index in [9.17, 15) is 18.0 Å². The fraction of sp³-hybridized carbons (Fsp3) is 0.875. The topological polar surface area (TPSA) is 149 Å². The Balaban J connectivity index is -0.000000393. The molecular formula is C16H33NaO8S. The summed E-state index contributed by atoms with van der Waals surface area (Å²) < 4.78 is 28.7. The molecule has 0 aromatic rings. The molecule has 0 fully saturated rings. The van der Waals surface area contributed by atoms with Gasteiger partial charge in [0.2, 0.25) is 0 Å². The molecule has 0 aliphatic carbocycles. The summed E-state index contributed by atoms with van der Waals surface area (Å²) in [6.45, 7) is 2.63. The molecule has 0 rings (SSSR count). The van der Waals surface area contributed by atoms with E-state index in [0.717, 1.165) is 6.42 Å². The predicted octanol–water partition coefficient (Wildman–Crippen LogP) is 2.05. The van der Waals surface area contributed by atoms with E-state index in [4.69, 9.17) is 19.9 Å². The van der Waals surface area contributed by atoms with Crippen LogP contribution in [-0.4, -0.2) is 81.6 Å². The van der Waals surface area contributed by atoms with Crippen molar-refractivity contribution in [3.8, 4) is 0 Å². The van der Waals surface area contributed by atoms with Gasteiger partial charge in [-0.3, -0.25) is 14.1 Å². The number of carboxylic acid groups (broad SMARTS) is 2. The Labute approximate surface area is 178 Å². The minimum absolute atomic E-state index is 0. The van der Waals surface area contributed by atoms with E-state index in [0.29, 0.717) is 6.61 Å². The third-order valence-corrected chi connectivity index (χ3v) is 4.59. The molecule has 0 aromatic carbocycles. The van der Waals surface area contributed by atoms with Crippen molar-refractivity contribution >= 4 is 51.6 Å². The SMILES string of the molecule is CCCCCCCCCCCCO.O=C(O)CC(C(=O)O)S(=O)(=O)O.[NaH]. The Morgan fingerprint density at radius 2 is 1.23 bits per heavy atom. The second kappa shape index (κ2) is 19.6. The van der Waals surface area contributed by atoms with Gasteiger partial charge in [0, 0.05) is 6.61 Å². The van der Waals surface area contributed by atoms with Gasteiger partial charge in [0.1, 0.15) is 0 Å². The monoisotopic (exact) mass is 408 g/mol. The van der Waals surface area contributed by atoms with Crippen molar-refractivity contribution in [1.29, 1.82) is 0 Å². The molecule has 0 spiro atoms. The Kier molecular flexibility index (Phi) is 23.0. The van der Waals surface area contributed by atoms with Gasteiger partial charge in [-0.05, 0) is 6.42 Å². The molecule has 8 nitrogen and oxygen atoms in total. The van der Waals surface area contributed by atoms with Gasteiger partial charge in [-0.1, -0.05) is 64.7 Å². The third-order valence-electron chi connectivity index (χ3n) is 3.51. The number of aliphatic carboxylic acids is 2. The quantitative estimate of drug-likeness (QED) is 0.194. The summed E-state index contributed by atoms with van der Waals surface area (Å²) in [6.07, 6.45) is 12.1. The van der Waals surface area contributed by atoms with E-state index >= 15 is 0 Å². The van der Waals surface area contributed by atoms with Crippen LogP contribution in [0.2, 0.25) is 0 Å². The number of hydrogen-bond acceptors (Lipinski definition) is 5. The number of carbonyl (C=O) groups is 2. The molecule has 0 aliphatic rings. The van der Waals surface area contributed by atoms with E-state index in [1.165, 1.54) is 57.8 Å². The van der Waals surface area contributed by atoms with Crippen molar-refractivity contribution in [2.45, 2.75) is 82.8 Å². The van der Waals surface area contributed by atoms with Gasteiger partial charge in [-0.25, -0.2) is 0 Å². The molecule has 10 heteroatoms. The Morgan fingerprint density at radius 1 is 0.846 bits per heavy atom. The van der Waals surface area contributed by atoms with E-state index in [1.807, 2.05) is 0 Å². The average Bonchev–Trinajstić information content (AvgIpc) is 2.50. The van der Waals surface area contributed by atoms with Crippen LogP contribution < -0.4 is 0 Å². The number of aliphatic hydroxyl groups is 1. The molecule has 1 atom stereocenters. The number of carboxylic acids is 2. The Bertz CT molecular complexity index is 443. The molecular weight excluding hydrogens is 375 g/mol. The normalized spacial score (nSPS) is 11.7. The van der Waals surface area contributed by atoms with E-state index in [-0.39, 0.29) is 29.6 Å². The number of hydrogen-bond donors (Lipinski definition) is 4. The van der Waals surface area contributed by atoms with Gasteiger partial charge >= 0.3 is 41.5 Å². The maximum absolute atomic E-state index is 10.2. The van der Waals surface area contributed by atoms with E-state index in [2.05, 4.69) is 6.92 Å². The van der Waals surface area contributed by atoms with Crippen LogP contribution >= 0.6 is 0 Å². The van der Waals surface area contributed by atoms with Gasteiger partial charge in [-0.15, -0.1) is 0 Å². The van der Waals surface area contributed by atoms with Crippen molar-refractivity contribution in [3.05, 3.63) is 0 Å². The molecule has 0 saturated heterocycles. The van der Waals surface area contributed by atoms with E-state index < -0.39 is 33.7 Å². The van der Waals surface area contributed by atoms with Crippen LogP contribution in [0.25, 0.3) is 0 Å². The summed E-state index contributed by atoms with van der Waals surface area (Å²) in [5, 5.41) is 22.5. The van der Waals surface area contributed by atoms with Gasteiger partial charge in [0.25, 0.3) is 10.1 Å². The zero-order valence-corrected chi connectivity index (χ0v) is 15.7. The molecule has 4 N–H and O–H groups in total. The summed E-state index contributed by atoms with van der Waals surface area (Å²) in [5.74, 6) is -3.50. The van der Waals surface area contributed by atoms with Crippen LogP contribution in [0.5, 0.6) is 0 Å². The van der Waals surface area contributed by atoms with Crippen LogP contribution in [0, 0.1) is 0 Å². The third kappa shape index (κ3) is 21.9. The molecule has 0 heterocycles. The molecule has 0 saturated carbocycles. The molecule has 26 heavy (non-hydrogen) atoms. The maximum atomic E-state index is 10.2. The van der Waals surface area contributed by atoms with Crippen LogP contribution in [0.1, 0.15) is 77.6 Å². The molecule has 0 radical (unpaired) electrons. The standard InChI is InChI=1S/C12H26O.C4H6O7S.Na.H/c1-2-3-4-5-6-7-8-9-10-11-12-13;5-3(6)1-2(4(7)8)12(9,10)11;;/h13H,2-12H2,1H3;2H,1H2,(H,5,6)(H,7,8)(H,9,10,11);;. The second-order valence-electron chi connectivity index (χ2n) is 5.85. The molecule has 0 aliphatic heterocycles. The summed E-state index contributed by atoms with van der Waals surface area (Å²) in [6, 6.07) is 0. The molecule has 0 amide bonds. The fourth-order valence-electron chi connectivity index (χ4n) is 2.08. The summed E-state index contributed by atoms with van der Waals surface area (Å²) >= 11 is 0. The molecule has 1 unspecified atom stereocenters. The summed E-state index contributed by atoms with van der Waals surface area (Å²) in [5.41, 5.74) is 0. The number of rotatable bonds is 14. The molecule has 152 valence electrons. The zero-order valence-electron chi connectivity index (χ0n) is 14.9. The first-order valence-electron chi connectivity index (χ1n) is 8.68. The number of aliphatic hydroxyl groups excluding tert-OH is 1. The van der Waals surface area contributed by atoms with E-state index in [1.54, 1.807) is 0 Å². The van der Waals surface area contributed by atoms with Crippen LogP contribution in [0.3, 0.4) is 0 Å². The van der Waals surface area contributed by atoms with Gasteiger partial charge in [0.15, 0.2) is 5.25 Å². The first-order valence-corrected chi connectivity index (χ1v) is 10.2. The van der Waals surface area contributed by atoms with Crippen molar-refractivity contribution in [2.24, 2.45) is 0 Å². The molecule has 0 aromatic heterocycles.